The Hall–Kier alpha value is -1.16. The maximum Gasteiger partial charge on any atom is 0.188 e. The normalized spacial score (nSPS) is 17.1. The molecule has 0 atom stereocenters. The average molecular weight is 291 g/mol. The third kappa shape index (κ3) is 5.45. The number of benzene rings is 1. The highest BCUT2D eigenvalue weighted by Gasteiger charge is 2.12. The summed E-state index contributed by atoms with van der Waals surface area (Å²) < 4.78 is 0. The first-order valence-electron chi connectivity index (χ1n) is 7.50. The number of thioether (sulfide) groups is 1. The Morgan fingerprint density at radius 2 is 1.95 bits per heavy atom. The van der Waals surface area contributed by atoms with Crippen LogP contribution in [0.3, 0.4) is 0 Å². The van der Waals surface area contributed by atoms with E-state index >= 15 is 0 Å². The predicted molar refractivity (Wildman–Crippen MR) is 88.4 cm³/mol. The van der Waals surface area contributed by atoms with Gasteiger partial charge in [0.1, 0.15) is 0 Å². The molecule has 1 aliphatic carbocycles. The van der Waals surface area contributed by atoms with E-state index in [2.05, 4.69) is 41.5 Å². The van der Waals surface area contributed by atoms with E-state index in [9.17, 15) is 0 Å². The highest BCUT2D eigenvalue weighted by molar-refractivity contribution is 7.99. The lowest BCUT2D eigenvalue weighted by Crippen LogP contribution is -2.41. The minimum atomic E-state index is 0.539. The Labute approximate surface area is 126 Å². The molecule has 0 amide bonds. The molecule has 1 aromatic rings. The second kappa shape index (κ2) is 8.20. The lowest BCUT2D eigenvalue weighted by molar-refractivity contribution is 0.412. The van der Waals surface area contributed by atoms with Gasteiger partial charge in [-0.15, -0.1) is 11.8 Å². The van der Waals surface area contributed by atoms with Crippen LogP contribution in [0.2, 0.25) is 0 Å². The van der Waals surface area contributed by atoms with Gasteiger partial charge in [0.05, 0.1) is 6.54 Å². The van der Waals surface area contributed by atoms with Crippen LogP contribution in [0.1, 0.15) is 37.7 Å². The van der Waals surface area contributed by atoms with Gasteiger partial charge in [-0.2, -0.15) is 0 Å². The van der Waals surface area contributed by atoms with Crippen LogP contribution in [-0.2, 0) is 0 Å². The van der Waals surface area contributed by atoms with Crippen molar-refractivity contribution in [3.05, 3.63) is 29.8 Å². The topological polar surface area (TPSA) is 50.4 Å². The summed E-state index contributed by atoms with van der Waals surface area (Å²) in [7, 11) is 0. The number of aliphatic imine (C=N–C) groups is 1. The zero-order chi connectivity index (χ0) is 14.2. The molecule has 0 spiro atoms. The molecule has 1 saturated carbocycles. The largest absolute Gasteiger partial charge is 0.370 e. The van der Waals surface area contributed by atoms with E-state index < -0.39 is 0 Å². The molecule has 0 aromatic heterocycles. The van der Waals surface area contributed by atoms with Crippen LogP contribution in [0.15, 0.2) is 34.2 Å². The van der Waals surface area contributed by atoms with Crippen LogP contribution in [0.5, 0.6) is 0 Å². The minimum Gasteiger partial charge on any atom is -0.370 e. The van der Waals surface area contributed by atoms with Gasteiger partial charge in [-0.3, -0.25) is 4.99 Å². The van der Waals surface area contributed by atoms with Crippen molar-refractivity contribution in [2.24, 2.45) is 10.7 Å². The van der Waals surface area contributed by atoms with Gasteiger partial charge in [0.15, 0.2) is 5.96 Å². The molecule has 110 valence electrons. The summed E-state index contributed by atoms with van der Waals surface area (Å²) in [6.45, 7) is 2.88. The molecule has 20 heavy (non-hydrogen) atoms. The van der Waals surface area contributed by atoms with Crippen molar-refractivity contribution in [3.63, 3.8) is 0 Å². The lowest BCUT2D eigenvalue weighted by atomic mass is 9.96. The third-order valence-electron chi connectivity index (χ3n) is 3.62. The van der Waals surface area contributed by atoms with Gasteiger partial charge in [-0.1, -0.05) is 37.0 Å². The summed E-state index contributed by atoms with van der Waals surface area (Å²) >= 11 is 1.83. The monoisotopic (exact) mass is 291 g/mol. The molecule has 0 unspecified atom stereocenters. The first kappa shape index (κ1) is 15.2. The molecular formula is C16H25N3S. The number of guanidine groups is 1. The fourth-order valence-electron chi connectivity index (χ4n) is 2.47. The fraction of sp³-hybridized carbons (Fsp3) is 0.562. The van der Waals surface area contributed by atoms with E-state index in [4.69, 9.17) is 5.73 Å². The minimum absolute atomic E-state index is 0.539. The molecule has 0 heterocycles. The standard InChI is InChI=1S/C16H25N3S/c1-13-7-9-15(10-8-13)20-12-11-18-16(17)19-14-5-3-2-4-6-14/h7-10,14H,2-6,11-12H2,1H3,(H3,17,18,19). The number of aryl methyl sites for hydroxylation is 1. The summed E-state index contributed by atoms with van der Waals surface area (Å²) in [5, 5.41) is 3.34. The smallest absolute Gasteiger partial charge is 0.188 e. The van der Waals surface area contributed by atoms with E-state index in [-0.39, 0.29) is 0 Å². The second-order valence-electron chi connectivity index (χ2n) is 5.41. The number of hydrogen-bond donors (Lipinski definition) is 2. The lowest BCUT2D eigenvalue weighted by Gasteiger charge is -2.23. The third-order valence-corrected chi connectivity index (χ3v) is 4.61. The molecule has 4 heteroatoms. The average Bonchev–Trinajstić information content (AvgIpc) is 2.46. The number of rotatable bonds is 5. The van der Waals surface area contributed by atoms with Crippen LogP contribution >= 0.6 is 11.8 Å². The van der Waals surface area contributed by atoms with E-state index in [0.717, 1.165) is 12.3 Å². The Kier molecular flexibility index (Phi) is 6.25. The number of nitrogens with one attached hydrogen (secondary N) is 1. The van der Waals surface area contributed by atoms with Gasteiger partial charge < -0.3 is 11.1 Å². The van der Waals surface area contributed by atoms with Crippen molar-refractivity contribution in [2.45, 2.75) is 50.0 Å². The zero-order valence-corrected chi connectivity index (χ0v) is 13.1. The highest BCUT2D eigenvalue weighted by Crippen LogP contribution is 2.18. The fourth-order valence-corrected chi connectivity index (χ4v) is 3.21. The van der Waals surface area contributed by atoms with Crippen molar-refractivity contribution < 1.29 is 0 Å². The predicted octanol–water partition coefficient (Wildman–Crippen LogP) is 3.32. The van der Waals surface area contributed by atoms with Crippen LogP contribution < -0.4 is 11.1 Å². The van der Waals surface area contributed by atoms with Crippen LogP contribution in [-0.4, -0.2) is 24.3 Å². The van der Waals surface area contributed by atoms with Gasteiger partial charge in [-0.25, -0.2) is 0 Å². The number of hydrogen-bond acceptors (Lipinski definition) is 2. The summed E-state index contributed by atoms with van der Waals surface area (Å²) in [5.74, 6) is 1.58. The zero-order valence-electron chi connectivity index (χ0n) is 12.3. The molecular weight excluding hydrogens is 266 g/mol. The number of nitrogens with zero attached hydrogens (tertiary/aromatic N) is 1. The first-order chi connectivity index (χ1) is 9.74. The Bertz CT molecular complexity index is 422. The molecule has 2 rings (SSSR count). The van der Waals surface area contributed by atoms with Crippen molar-refractivity contribution in [2.75, 3.05) is 12.3 Å². The molecule has 0 aliphatic heterocycles. The summed E-state index contributed by atoms with van der Waals surface area (Å²) in [6.07, 6.45) is 6.45. The van der Waals surface area contributed by atoms with Crippen molar-refractivity contribution >= 4 is 17.7 Å². The van der Waals surface area contributed by atoms with E-state index in [1.165, 1.54) is 42.6 Å². The Balaban J connectivity index is 1.65. The van der Waals surface area contributed by atoms with Crippen LogP contribution in [0.25, 0.3) is 0 Å². The highest BCUT2D eigenvalue weighted by atomic mass is 32.2. The van der Waals surface area contributed by atoms with Crippen molar-refractivity contribution in [1.82, 2.24) is 5.32 Å². The Morgan fingerprint density at radius 1 is 1.25 bits per heavy atom. The van der Waals surface area contributed by atoms with Crippen molar-refractivity contribution in [3.8, 4) is 0 Å². The molecule has 1 aliphatic rings. The maximum atomic E-state index is 5.93. The van der Waals surface area contributed by atoms with Gasteiger partial charge in [0.2, 0.25) is 0 Å². The molecule has 0 bridgehead atoms. The van der Waals surface area contributed by atoms with E-state index in [1.807, 2.05) is 11.8 Å². The maximum absolute atomic E-state index is 5.93. The molecule has 3 nitrogen and oxygen atoms in total. The molecule has 1 fully saturated rings. The first-order valence-corrected chi connectivity index (χ1v) is 8.48. The number of nitrogens with two attached hydrogens (primary N) is 1. The molecule has 0 radical (unpaired) electrons. The van der Waals surface area contributed by atoms with Gasteiger partial charge >= 0.3 is 0 Å². The van der Waals surface area contributed by atoms with Gasteiger partial charge in [0, 0.05) is 16.7 Å². The SMILES string of the molecule is Cc1ccc(SCCN=C(N)NC2CCCCC2)cc1. The quantitative estimate of drug-likeness (QED) is 0.379. The molecule has 0 saturated heterocycles. The summed E-state index contributed by atoms with van der Waals surface area (Å²) in [6, 6.07) is 9.15. The van der Waals surface area contributed by atoms with Gasteiger partial charge in [0.25, 0.3) is 0 Å². The van der Waals surface area contributed by atoms with Gasteiger partial charge in [-0.05, 0) is 31.9 Å². The van der Waals surface area contributed by atoms with E-state index in [0.29, 0.717) is 12.0 Å². The summed E-state index contributed by atoms with van der Waals surface area (Å²) in [5.41, 5.74) is 7.23. The van der Waals surface area contributed by atoms with E-state index in [1.54, 1.807) is 0 Å². The molecule has 3 N–H and O–H groups in total. The van der Waals surface area contributed by atoms with Crippen LogP contribution in [0.4, 0.5) is 0 Å². The Morgan fingerprint density at radius 3 is 2.65 bits per heavy atom. The second-order valence-corrected chi connectivity index (χ2v) is 6.58. The molecule has 1 aromatic carbocycles. The van der Waals surface area contributed by atoms with Crippen LogP contribution in [0, 0.1) is 6.92 Å². The van der Waals surface area contributed by atoms with Crippen molar-refractivity contribution in [1.29, 1.82) is 0 Å². The summed E-state index contributed by atoms with van der Waals surface area (Å²) in [4.78, 5) is 5.71.